The topological polar surface area (TPSA) is 28.2 Å². The van der Waals surface area contributed by atoms with Crippen molar-refractivity contribution in [2.75, 3.05) is 18.9 Å². The molecule has 0 bridgehead atoms. The summed E-state index contributed by atoms with van der Waals surface area (Å²) in [5.41, 5.74) is 2.58. The van der Waals surface area contributed by atoms with Gasteiger partial charge in [-0.05, 0) is 58.5 Å². The predicted octanol–water partition coefficient (Wildman–Crippen LogP) is 3.97. The van der Waals surface area contributed by atoms with Gasteiger partial charge in [0.1, 0.15) is 5.82 Å². The van der Waals surface area contributed by atoms with Crippen molar-refractivity contribution >= 4 is 33.1 Å². The maximum atomic E-state index is 4.39. The Bertz CT molecular complexity index is 510. The predicted molar refractivity (Wildman–Crippen MR) is 85.6 cm³/mol. The monoisotopic (exact) mass is 339 g/mol. The highest BCUT2D eigenvalue weighted by Gasteiger charge is 2.04. The van der Waals surface area contributed by atoms with Crippen LogP contribution in [-0.4, -0.2) is 23.5 Å². The molecule has 0 aromatic carbocycles. The molecule has 0 saturated carbocycles. The average molecular weight is 340 g/mol. The van der Waals surface area contributed by atoms with Crippen molar-refractivity contribution in [1.29, 1.82) is 0 Å². The van der Waals surface area contributed by atoms with Gasteiger partial charge in [0.2, 0.25) is 0 Å². The summed E-state index contributed by atoms with van der Waals surface area (Å²) in [5.74, 6) is 0.940. The molecule has 0 aliphatic carbocycles. The molecule has 0 atom stereocenters. The Morgan fingerprint density at radius 3 is 2.68 bits per heavy atom. The standard InChI is InChI=1S/C14H18BrN3S/c1-3-16-14-5-4-11(7-17-14)8-18(2)9-12-6-13(15)19-10-12/h4-7,10H,3,8-9H2,1-2H3,(H,16,17). The van der Waals surface area contributed by atoms with E-state index >= 15 is 0 Å². The number of hydrogen-bond acceptors (Lipinski definition) is 4. The Balaban J connectivity index is 1.89. The Morgan fingerprint density at radius 1 is 1.32 bits per heavy atom. The lowest BCUT2D eigenvalue weighted by Gasteiger charge is -2.15. The van der Waals surface area contributed by atoms with E-state index in [0.717, 1.165) is 25.5 Å². The third-order valence-electron chi connectivity index (χ3n) is 2.71. The number of halogens is 1. The summed E-state index contributed by atoms with van der Waals surface area (Å²) in [6.07, 6.45) is 1.94. The smallest absolute Gasteiger partial charge is 0.125 e. The number of rotatable bonds is 6. The number of thiophene rings is 1. The number of nitrogens with one attached hydrogen (secondary N) is 1. The fourth-order valence-electron chi connectivity index (χ4n) is 1.91. The molecule has 0 spiro atoms. The molecular weight excluding hydrogens is 322 g/mol. The van der Waals surface area contributed by atoms with Crippen LogP contribution in [0.2, 0.25) is 0 Å². The molecule has 5 heteroatoms. The van der Waals surface area contributed by atoms with Crippen molar-refractivity contribution in [3.05, 3.63) is 44.7 Å². The normalized spacial score (nSPS) is 10.9. The fraction of sp³-hybridized carbons (Fsp3) is 0.357. The van der Waals surface area contributed by atoms with Crippen molar-refractivity contribution in [3.63, 3.8) is 0 Å². The molecule has 2 rings (SSSR count). The minimum absolute atomic E-state index is 0.902. The van der Waals surface area contributed by atoms with Crippen molar-refractivity contribution in [1.82, 2.24) is 9.88 Å². The molecule has 0 saturated heterocycles. The van der Waals surface area contributed by atoms with Gasteiger partial charge in [-0.1, -0.05) is 6.07 Å². The quantitative estimate of drug-likeness (QED) is 0.862. The molecule has 0 radical (unpaired) electrons. The second kappa shape index (κ2) is 7.03. The van der Waals surface area contributed by atoms with Crippen LogP contribution in [0.5, 0.6) is 0 Å². The van der Waals surface area contributed by atoms with Gasteiger partial charge in [0.15, 0.2) is 0 Å². The first-order valence-corrected chi connectivity index (χ1v) is 7.95. The first kappa shape index (κ1) is 14.5. The van der Waals surface area contributed by atoms with Crippen LogP contribution >= 0.6 is 27.3 Å². The second-order valence-corrected chi connectivity index (χ2v) is 6.80. The van der Waals surface area contributed by atoms with Crippen LogP contribution in [0.15, 0.2) is 33.6 Å². The van der Waals surface area contributed by atoms with Gasteiger partial charge in [0, 0.05) is 25.8 Å². The Kier molecular flexibility index (Phi) is 5.36. The van der Waals surface area contributed by atoms with Crippen LogP contribution in [0.4, 0.5) is 5.82 Å². The molecule has 0 aliphatic heterocycles. The molecule has 0 unspecified atom stereocenters. The van der Waals surface area contributed by atoms with Crippen LogP contribution in [0, 0.1) is 0 Å². The third-order valence-corrected chi connectivity index (χ3v) is 4.26. The zero-order valence-corrected chi connectivity index (χ0v) is 13.6. The third kappa shape index (κ3) is 4.60. The second-order valence-electron chi connectivity index (χ2n) is 4.51. The molecule has 0 amide bonds. The zero-order valence-electron chi connectivity index (χ0n) is 11.2. The van der Waals surface area contributed by atoms with E-state index in [9.17, 15) is 0 Å². The Labute approximate surface area is 126 Å². The van der Waals surface area contributed by atoms with Crippen LogP contribution in [0.1, 0.15) is 18.1 Å². The van der Waals surface area contributed by atoms with Crippen molar-refractivity contribution < 1.29 is 0 Å². The summed E-state index contributed by atoms with van der Waals surface area (Å²) >= 11 is 5.22. The lowest BCUT2D eigenvalue weighted by molar-refractivity contribution is 0.319. The van der Waals surface area contributed by atoms with E-state index in [1.807, 2.05) is 12.3 Å². The number of hydrogen-bond donors (Lipinski definition) is 1. The largest absolute Gasteiger partial charge is 0.370 e. The van der Waals surface area contributed by atoms with Gasteiger partial charge in [0.05, 0.1) is 3.79 Å². The van der Waals surface area contributed by atoms with Crippen LogP contribution in [0.25, 0.3) is 0 Å². The van der Waals surface area contributed by atoms with Gasteiger partial charge in [-0.2, -0.15) is 0 Å². The van der Waals surface area contributed by atoms with Crippen molar-refractivity contribution in [2.45, 2.75) is 20.0 Å². The first-order valence-electron chi connectivity index (χ1n) is 6.27. The fourth-order valence-corrected chi connectivity index (χ4v) is 3.11. The van der Waals surface area contributed by atoms with E-state index in [1.165, 1.54) is 14.9 Å². The molecular formula is C14H18BrN3S. The molecule has 19 heavy (non-hydrogen) atoms. The maximum absolute atomic E-state index is 4.39. The van der Waals surface area contributed by atoms with E-state index in [2.05, 4.69) is 62.6 Å². The molecule has 0 fully saturated rings. The summed E-state index contributed by atoms with van der Waals surface area (Å²) in [6.45, 7) is 4.84. The maximum Gasteiger partial charge on any atom is 0.125 e. The van der Waals surface area contributed by atoms with Crippen LogP contribution in [-0.2, 0) is 13.1 Å². The lowest BCUT2D eigenvalue weighted by atomic mass is 10.2. The van der Waals surface area contributed by atoms with E-state index in [0.29, 0.717) is 0 Å². The number of nitrogens with zero attached hydrogens (tertiary/aromatic N) is 2. The zero-order chi connectivity index (χ0) is 13.7. The molecule has 1 N–H and O–H groups in total. The molecule has 2 aromatic rings. The molecule has 3 nitrogen and oxygen atoms in total. The van der Waals surface area contributed by atoms with Crippen molar-refractivity contribution in [3.8, 4) is 0 Å². The summed E-state index contributed by atoms with van der Waals surface area (Å²) in [5, 5.41) is 5.39. The van der Waals surface area contributed by atoms with Gasteiger partial charge in [-0.15, -0.1) is 11.3 Å². The van der Waals surface area contributed by atoms with Gasteiger partial charge in [0.25, 0.3) is 0 Å². The summed E-state index contributed by atoms with van der Waals surface area (Å²) in [4.78, 5) is 6.68. The first-order chi connectivity index (χ1) is 9.17. The minimum atomic E-state index is 0.902. The Hall–Kier alpha value is -0.910. The van der Waals surface area contributed by atoms with Gasteiger partial charge < -0.3 is 5.32 Å². The highest BCUT2D eigenvalue weighted by molar-refractivity contribution is 9.11. The minimum Gasteiger partial charge on any atom is -0.370 e. The highest BCUT2D eigenvalue weighted by Crippen LogP contribution is 2.21. The number of anilines is 1. The van der Waals surface area contributed by atoms with Gasteiger partial charge in [-0.3, -0.25) is 4.90 Å². The number of aromatic nitrogens is 1. The van der Waals surface area contributed by atoms with Gasteiger partial charge >= 0.3 is 0 Å². The summed E-state index contributed by atoms with van der Waals surface area (Å²) in [7, 11) is 2.13. The van der Waals surface area contributed by atoms with Crippen LogP contribution in [0.3, 0.4) is 0 Å². The summed E-state index contributed by atoms with van der Waals surface area (Å²) < 4.78 is 1.19. The molecule has 2 aromatic heterocycles. The number of pyridine rings is 1. The Morgan fingerprint density at radius 2 is 2.11 bits per heavy atom. The summed E-state index contributed by atoms with van der Waals surface area (Å²) in [6, 6.07) is 6.34. The van der Waals surface area contributed by atoms with Crippen molar-refractivity contribution in [2.24, 2.45) is 0 Å². The van der Waals surface area contributed by atoms with E-state index in [-0.39, 0.29) is 0 Å². The van der Waals surface area contributed by atoms with Gasteiger partial charge in [-0.25, -0.2) is 4.98 Å². The van der Waals surface area contributed by atoms with Crippen LogP contribution < -0.4 is 5.32 Å². The highest BCUT2D eigenvalue weighted by atomic mass is 79.9. The average Bonchev–Trinajstić information content (AvgIpc) is 2.77. The molecule has 2 heterocycles. The molecule has 102 valence electrons. The SMILES string of the molecule is CCNc1ccc(CN(C)Cc2csc(Br)c2)cn1. The van der Waals surface area contributed by atoms with E-state index in [4.69, 9.17) is 0 Å². The van der Waals surface area contributed by atoms with E-state index < -0.39 is 0 Å². The van der Waals surface area contributed by atoms with E-state index in [1.54, 1.807) is 11.3 Å². The lowest BCUT2D eigenvalue weighted by Crippen LogP contribution is -2.17. The molecule has 0 aliphatic rings.